The standard InChI is InChI=1S/C20H30N2O2/c1-15-6-5-13-22(14-15)18(23)11-12-21-19(24)16-7-9-17(10-8-16)20(2,3)4/h7-10,15H,5-6,11-14H2,1-4H3,(H,21,24). The molecule has 4 heteroatoms. The Kier molecular flexibility index (Phi) is 6.03. The number of carbonyl (C=O) groups is 2. The Morgan fingerprint density at radius 3 is 2.46 bits per heavy atom. The zero-order valence-corrected chi connectivity index (χ0v) is 15.4. The number of carbonyl (C=O) groups excluding carboxylic acids is 2. The van der Waals surface area contributed by atoms with Crippen LogP contribution in [0, 0.1) is 5.92 Å². The maximum atomic E-state index is 12.2. The van der Waals surface area contributed by atoms with Gasteiger partial charge in [0.15, 0.2) is 0 Å². The Morgan fingerprint density at radius 2 is 1.88 bits per heavy atom. The molecule has 0 spiro atoms. The third-order valence-corrected chi connectivity index (χ3v) is 4.65. The lowest BCUT2D eigenvalue weighted by Gasteiger charge is -2.31. The predicted octanol–water partition coefficient (Wildman–Crippen LogP) is 3.36. The zero-order valence-electron chi connectivity index (χ0n) is 15.4. The first kappa shape index (κ1) is 18.5. The van der Waals surface area contributed by atoms with Gasteiger partial charge >= 0.3 is 0 Å². The first-order chi connectivity index (χ1) is 11.3. The van der Waals surface area contributed by atoms with Crippen molar-refractivity contribution in [3.8, 4) is 0 Å². The Hall–Kier alpha value is -1.84. The molecule has 1 aliphatic rings. The van der Waals surface area contributed by atoms with Gasteiger partial charge in [-0.2, -0.15) is 0 Å². The van der Waals surface area contributed by atoms with Crippen LogP contribution < -0.4 is 5.32 Å². The molecule has 4 nitrogen and oxygen atoms in total. The SMILES string of the molecule is CC1CCCN(C(=O)CCNC(=O)c2ccc(C(C)(C)C)cc2)C1. The fourth-order valence-electron chi connectivity index (χ4n) is 3.08. The third kappa shape index (κ3) is 5.08. The molecule has 1 atom stereocenters. The molecule has 2 amide bonds. The summed E-state index contributed by atoms with van der Waals surface area (Å²) < 4.78 is 0. The minimum absolute atomic E-state index is 0.0764. The van der Waals surface area contributed by atoms with Crippen molar-refractivity contribution >= 4 is 11.8 Å². The molecule has 1 aliphatic heterocycles. The summed E-state index contributed by atoms with van der Waals surface area (Å²) in [4.78, 5) is 26.3. The minimum atomic E-state index is -0.115. The van der Waals surface area contributed by atoms with Gasteiger partial charge < -0.3 is 10.2 Å². The van der Waals surface area contributed by atoms with E-state index in [-0.39, 0.29) is 17.2 Å². The van der Waals surface area contributed by atoms with Gasteiger partial charge in [0.2, 0.25) is 5.91 Å². The highest BCUT2D eigenvalue weighted by atomic mass is 16.2. The quantitative estimate of drug-likeness (QED) is 0.920. The van der Waals surface area contributed by atoms with Crippen LogP contribution in [0.15, 0.2) is 24.3 Å². The highest BCUT2D eigenvalue weighted by Crippen LogP contribution is 2.22. The number of hydrogen-bond acceptors (Lipinski definition) is 2. The molecular weight excluding hydrogens is 300 g/mol. The van der Waals surface area contributed by atoms with Crippen LogP contribution in [-0.4, -0.2) is 36.3 Å². The molecule has 1 fully saturated rings. The van der Waals surface area contributed by atoms with E-state index < -0.39 is 0 Å². The van der Waals surface area contributed by atoms with E-state index in [1.54, 1.807) is 0 Å². The average molecular weight is 330 g/mol. The summed E-state index contributed by atoms with van der Waals surface area (Å²) in [6, 6.07) is 7.69. The Labute approximate surface area is 145 Å². The first-order valence-corrected chi connectivity index (χ1v) is 8.94. The minimum Gasteiger partial charge on any atom is -0.352 e. The van der Waals surface area contributed by atoms with E-state index >= 15 is 0 Å². The Morgan fingerprint density at radius 1 is 1.21 bits per heavy atom. The highest BCUT2D eigenvalue weighted by Gasteiger charge is 2.20. The van der Waals surface area contributed by atoms with Crippen molar-refractivity contribution in [2.45, 2.75) is 52.4 Å². The molecule has 24 heavy (non-hydrogen) atoms. The van der Waals surface area contributed by atoms with Gasteiger partial charge in [-0.1, -0.05) is 39.8 Å². The van der Waals surface area contributed by atoms with Crippen LogP contribution in [0.5, 0.6) is 0 Å². The van der Waals surface area contributed by atoms with Crippen LogP contribution in [0.2, 0.25) is 0 Å². The van der Waals surface area contributed by atoms with Crippen molar-refractivity contribution in [1.29, 1.82) is 0 Å². The van der Waals surface area contributed by atoms with Gasteiger partial charge in [0.25, 0.3) is 5.91 Å². The van der Waals surface area contributed by atoms with E-state index in [4.69, 9.17) is 0 Å². The number of piperidine rings is 1. The van der Waals surface area contributed by atoms with Crippen LogP contribution in [0.3, 0.4) is 0 Å². The molecule has 0 aliphatic carbocycles. The van der Waals surface area contributed by atoms with Crippen molar-refractivity contribution in [2.24, 2.45) is 5.92 Å². The second kappa shape index (κ2) is 7.82. The maximum Gasteiger partial charge on any atom is 0.251 e. The number of rotatable bonds is 4. The average Bonchev–Trinajstić information content (AvgIpc) is 2.54. The van der Waals surface area contributed by atoms with Gasteiger partial charge in [-0.25, -0.2) is 0 Å². The van der Waals surface area contributed by atoms with Crippen LogP contribution in [-0.2, 0) is 10.2 Å². The number of hydrogen-bond donors (Lipinski definition) is 1. The fourth-order valence-corrected chi connectivity index (χ4v) is 3.08. The number of nitrogens with zero attached hydrogens (tertiary/aromatic N) is 1. The van der Waals surface area contributed by atoms with Gasteiger partial charge in [0.1, 0.15) is 0 Å². The van der Waals surface area contributed by atoms with Gasteiger partial charge in [-0.05, 0) is 41.9 Å². The van der Waals surface area contributed by atoms with Gasteiger partial charge in [0.05, 0.1) is 0 Å². The van der Waals surface area contributed by atoms with E-state index in [0.717, 1.165) is 19.5 Å². The smallest absolute Gasteiger partial charge is 0.251 e. The molecule has 1 N–H and O–H groups in total. The van der Waals surface area contributed by atoms with Crippen molar-refractivity contribution in [3.63, 3.8) is 0 Å². The lowest BCUT2D eigenvalue weighted by Crippen LogP contribution is -2.40. The number of amides is 2. The van der Waals surface area contributed by atoms with E-state index in [1.807, 2.05) is 29.2 Å². The number of likely N-dealkylation sites (tertiary alicyclic amines) is 1. The summed E-state index contributed by atoms with van der Waals surface area (Å²) in [5.74, 6) is 0.610. The molecule has 0 radical (unpaired) electrons. The van der Waals surface area contributed by atoms with Gasteiger partial charge in [0, 0.05) is 31.6 Å². The zero-order chi connectivity index (χ0) is 17.7. The van der Waals surface area contributed by atoms with Gasteiger partial charge in [-0.15, -0.1) is 0 Å². The molecule has 1 heterocycles. The van der Waals surface area contributed by atoms with Gasteiger partial charge in [-0.3, -0.25) is 9.59 Å². The lowest BCUT2D eigenvalue weighted by molar-refractivity contribution is -0.132. The molecule has 132 valence electrons. The third-order valence-electron chi connectivity index (χ3n) is 4.65. The summed E-state index contributed by atoms with van der Waals surface area (Å²) in [5, 5.41) is 2.85. The predicted molar refractivity (Wildman–Crippen MR) is 97.1 cm³/mol. The fraction of sp³-hybridized carbons (Fsp3) is 0.600. The van der Waals surface area contributed by atoms with E-state index in [1.165, 1.54) is 12.0 Å². The van der Waals surface area contributed by atoms with E-state index in [0.29, 0.717) is 24.4 Å². The van der Waals surface area contributed by atoms with Crippen molar-refractivity contribution in [3.05, 3.63) is 35.4 Å². The lowest BCUT2D eigenvalue weighted by atomic mass is 9.87. The molecule has 0 saturated carbocycles. The molecule has 1 aromatic rings. The molecule has 1 unspecified atom stereocenters. The Balaban J connectivity index is 1.79. The summed E-state index contributed by atoms with van der Waals surface area (Å²) in [7, 11) is 0. The molecular formula is C20H30N2O2. The van der Waals surface area contributed by atoms with Crippen LogP contribution in [0.1, 0.15) is 62.9 Å². The molecule has 1 aromatic carbocycles. The molecule has 2 rings (SSSR count). The van der Waals surface area contributed by atoms with Crippen molar-refractivity contribution < 1.29 is 9.59 Å². The molecule has 0 aromatic heterocycles. The summed E-state index contributed by atoms with van der Waals surface area (Å²) >= 11 is 0. The summed E-state index contributed by atoms with van der Waals surface area (Å²) in [6.45, 7) is 10.7. The monoisotopic (exact) mass is 330 g/mol. The normalized spacial score (nSPS) is 18.3. The van der Waals surface area contributed by atoms with Crippen molar-refractivity contribution in [1.82, 2.24) is 10.2 Å². The van der Waals surface area contributed by atoms with Crippen LogP contribution in [0.4, 0.5) is 0 Å². The molecule has 1 saturated heterocycles. The van der Waals surface area contributed by atoms with Crippen LogP contribution >= 0.6 is 0 Å². The first-order valence-electron chi connectivity index (χ1n) is 8.94. The second-order valence-electron chi connectivity index (χ2n) is 7.92. The molecule has 0 bridgehead atoms. The maximum absolute atomic E-state index is 12.2. The highest BCUT2D eigenvalue weighted by molar-refractivity contribution is 5.94. The number of nitrogens with one attached hydrogen (secondary N) is 1. The van der Waals surface area contributed by atoms with Crippen LogP contribution in [0.25, 0.3) is 0 Å². The largest absolute Gasteiger partial charge is 0.352 e. The van der Waals surface area contributed by atoms with Crippen molar-refractivity contribution in [2.75, 3.05) is 19.6 Å². The summed E-state index contributed by atoms with van der Waals surface area (Å²) in [5.41, 5.74) is 1.92. The topological polar surface area (TPSA) is 49.4 Å². The van der Waals surface area contributed by atoms with E-state index in [2.05, 4.69) is 33.0 Å². The Bertz CT molecular complexity index is 572. The summed E-state index contributed by atoms with van der Waals surface area (Å²) in [6.07, 6.45) is 2.66. The number of benzene rings is 1. The van der Waals surface area contributed by atoms with E-state index in [9.17, 15) is 9.59 Å². The second-order valence-corrected chi connectivity index (χ2v) is 7.92.